The molecule has 0 saturated carbocycles. The molecule has 7 heteroatoms. The molecule has 2 aromatic rings. The lowest BCUT2D eigenvalue weighted by atomic mass is 10.2. The highest BCUT2D eigenvalue weighted by atomic mass is 32.1. The van der Waals surface area contributed by atoms with Crippen LogP contribution in [0.1, 0.15) is 17.4 Å². The Labute approximate surface area is 175 Å². The molecule has 1 aromatic carbocycles. The van der Waals surface area contributed by atoms with Gasteiger partial charge in [0.2, 0.25) is 5.91 Å². The highest BCUT2D eigenvalue weighted by molar-refractivity contribution is 7.09. The van der Waals surface area contributed by atoms with E-state index in [9.17, 15) is 9.59 Å². The quantitative estimate of drug-likeness (QED) is 0.532. The van der Waals surface area contributed by atoms with Gasteiger partial charge < -0.3 is 10.1 Å². The molecular formula is C22H27N3O3S. The first-order chi connectivity index (χ1) is 14.1. The summed E-state index contributed by atoms with van der Waals surface area (Å²) in [6.45, 7) is 7.28. The molecule has 29 heavy (non-hydrogen) atoms. The van der Waals surface area contributed by atoms with Gasteiger partial charge in [-0.05, 0) is 42.1 Å². The lowest BCUT2D eigenvalue weighted by Gasteiger charge is -2.34. The number of carbonyl (C=O) groups excluding carboxylic acids is 2. The number of hydrogen-bond acceptors (Lipinski definition) is 6. The van der Waals surface area contributed by atoms with E-state index in [2.05, 4.69) is 32.6 Å². The molecule has 0 atom stereocenters. The molecule has 1 aromatic heterocycles. The van der Waals surface area contributed by atoms with Crippen LogP contribution < -0.4 is 5.32 Å². The number of thiophene rings is 1. The molecule has 1 amide bonds. The van der Waals surface area contributed by atoms with Crippen LogP contribution in [0.4, 0.5) is 5.69 Å². The van der Waals surface area contributed by atoms with Gasteiger partial charge in [-0.15, -0.1) is 11.3 Å². The number of piperazine rings is 1. The van der Waals surface area contributed by atoms with E-state index in [1.165, 1.54) is 11.0 Å². The Balaban J connectivity index is 1.40. The zero-order valence-electron chi connectivity index (χ0n) is 16.7. The Kier molecular flexibility index (Phi) is 7.98. The number of ether oxygens (including phenoxy) is 1. The fourth-order valence-electron chi connectivity index (χ4n) is 3.16. The van der Waals surface area contributed by atoms with Gasteiger partial charge in [-0.25, -0.2) is 4.79 Å². The number of hydrogen-bond donors (Lipinski definition) is 1. The van der Waals surface area contributed by atoms with Crippen LogP contribution >= 0.6 is 11.3 Å². The first-order valence-electron chi connectivity index (χ1n) is 9.84. The van der Waals surface area contributed by atoms with Gasteiger partial charge in [0.1, 0.15) is 0 Å². The Morgan fingerprint density at radius 3 is 2.48 bits per heavy atom. The number of esters is 1. The fraction of sp³-hybridized carbons (Fsp3) is 0.364. The minimum atomic E-state index is -0.361. The second-order valence-electron chi connectivity index (χ2n) is 6.89. The number of anilines is 1. The molecule has 154 valence electrons. The van der Waals surface area contributed by atoms with Crippen molar-refractivity contribution in [3.8, 4) is 0 Å². The molecule has 3 rings (SSSR count). The van der Waals surface area contributed by atoms with Gasteiger partial charge in [-0.3, -0.25) is 14.6 Å². The Bertz CT molecular complexity index is 810. The fourth-order valence-corrected chi connectivity index (χ4v) is 3.91. The average Bonchev–Trinajstić information content (AvgIpc) is 3.22. The van der Waals surface area contributed by atoms with Gasteiger partial charge in [0.05, 0.1) is 13.2 Å². The summed E-state index contributed by atoms with van der Waals surface area (Å²) in [4.78, 5) is 29.7. The van der Waals surface area contributed by atoms with Crippen LogP contribution in [-0.2, 0) is 20.9 Å². The minimum absolute atomic E-state index is 0.00785. The molecule has 2 heterocycles. The van der Waals surface area contributed by atoms with E-state index in [4.69, 9.17) is 4.74 Å². The zero-order chi connectivity index (χ0) is 20.5. The van der Waals surface area contributed by atoms with Crippen molar-refractivity contribution in [2.24, 2.45) is 0 Å². The SMILES string of the molecule is CCOC(=O)/C=C/c1ccc(NC(=O)CN2CCN(Cc3cccs3)CC2)cc1. The summed E-state index contributed by atoms with van der Waals surface area (Å²) in [5.41, 5.74) is 1.62. The number of rotatable bonds is 8. The highest BCUT2D eigenvalue weighted by Gasteiger charge is 2.19. The third kappa shape index (κ3) is 7.12. The van der Waals surface area contributed by atoms with Gasteiger partial charge >= 0.3 is 5.97 Å². The maximum Gasteiger partial charge on any atom is 0.330 e. The van der Waals surface area contributed by atoms with Crippen LogP contribution in [0.25, 0.3) is 6.08 Å². The predicted molar refractivity (Wildman–Crippen MR) is 117 cm³/mol. The van der Waals surface area contributed by atoms with Crippen molar-refractivity contribution >= 4 is 35.0 Å². The van der Waals surface area contributed by atoms with E-state index < -0.39 is 0 Å². The maximum atomic E-state index is 12.4. The third-order valence-electron chi connectivity index (χ3n) is 4.68. The molecule has 1 saturated heterocycles. The molecule has 0 unspecified atom stereocenters. The van der Waals surface area contributed by atoms with Crippen molar-refractivity contribution in [1.82, 2.24) is 9.80 Å². The number of nitrogens with one attached hydrogen (secondary N) is 1. The average molecular weight is 414 g/mol. The zero-order valence-corrected chi connectivity index (χ0v) is 17.5. The van der Waals surface area contributed by atoms with Crippen LogP contribution in [0.15, 0.2) is 47.9 Å². The van der Waals surface area contributed by atoms with E-state index in [0.717, 1.165) is 44.0 Å². The van der Waals surface area contributed by atoms with E-state index in [1.54, 1.807) is 24.3 Å². The molecule has 1 fully saturated rings. The minimum Gasteiger partial charge on any atom is -0.463 e. The molecule has 1 N–H and O–H groups in total. The van der Waals surface area contributed by atoms with Crippen LogP contribution in [0.2, 0.25) is 0 Å². The molecule has 0 bridgehead atoms. The summed E-state index contributed by atoms with van der Waals surface area (Å²) < 4.78 is 4.85. The first kappa shape index (κ1) is 21.2. The Hall–Kier alpha value is -2.48. The summed E-state index contributed by atoms with van der Waals surface area (Å²) in [5.74, 6) is -0.369. The number of nitrogens with zero attached hydrogens (tertiary/aromatic N) is 2. The molecule has 1 aliphatic rings. The van der Waals surface area contributed by atoms with Crippen molar-refractivity contribution in [2.75, 3.05) is 44.6 Å². The van der Waals surface area contributed by atoms with Crippen molar-refractivity contribution < 1.29 is 14.3 Å². The predicted octanol–water partition coefficient (Wildman–Crippen LogP) is 3.08. The van der Waals surface area contributed by atoms with Crippen LogP contribution in [0.3, 0.4) is 0 Å². The Morgan fingerprint density at radius 2 is 1.83 bits per heavy atom. The third-order valence-corrected chi connectivity index (χ3v) is 5.55. The second-order valence-corrected chi connectivity index (χ2v) is 7.92. The summed E-state index contributed by atoms with van der Waals surface area (Å²) in [5, 5.41) is 5.05. The van der Waals surface area contributed by atoms with Gasteiger partial charge in [0, 0.05) is 49.4 Å². The van der Waals surface area contributed by atoms with Gasteiger partial charge in [0.25, 0.3) is 0 Å². The van der Waals surface area contributed by atoms with E-state index in [1.807, 2.05) is 24.3 Å². The van der Waals surface area contributed by atoms with E-state index in [-0.39, 0.29) is 11.9 Å². The van der Waals surface area contributed by atoms with Crippen molar-refractivity contribution in [3.05, 3.63) is 58.3 Å². The lowest BCUT2D eigenvalue weighted by molar-refractivity contribution is -0.137. The topological polar surface area (TPSA) is 61.9 Å². The summed E-state index contributed by atoms with van der Waals surface area (Å²) in [6, 6.07) is 11.6. The summed E-state index contributed by atoms with van der Waals surface area (Å²) in [7, 11) is 0. The van der Waals surface area contributed by atoms with Crippen molar-refractivity contribution in [3.63, 3.8) is 0 Å². The van der Waals surface area contributed by atoms with Crippen LogP contribution in [0.5, 0.6) is 0 Å². The molecular weight excluding hydrogens is 386 g/mol. The largest absolute Gasteiger partial charge is 0.463 e. The van der Waals surface area contributed by atoms with Gasteiger partial charge in [0.15, 0.2) is 0 Å². The van der Waals surface area contributed by atoms with Gasteiger partial charge in [-0.1, -0.05) is 18.2 Å². The standard InChI is InChI=1S/C22H27N3O3S/c1-2-28-22(27)10-7-18-5-8-19(9-6-18)23-21(26)17-25-13-11-24(12-14-25)16-20-4-3-15-29-20/h3-10,15H,2,11-14,16-17H2,1H3,(H,23,26)/b10-7+. The van der Waals surface area contributed by atoms with Crippen LogP contribution in [0, 0.1) is 0 Å². The molecule has 1 aliphatic heterocycles. The van der Waals surface area contributed by atoms with E-state index in [0.29, 0.717) is 13.2 Å². The highest BCUT2D eigenvalue weighted by Crippen LogP contribution is 2.14. The summed E-state index contributed by atoms with van der Waals surface area (Å²) in [6.07, 6.45) is 3.09. The van der Waals surface area contributed by atoms with E-state index >= 15 is 0 Å². The van der Waals surface area contributed by atoms with Crippen molar-refractivity contribution in [2.45, 2.75) is 13.5 Å². The smallest absolute Gasteiger partial charge is 0.330 e. The van der Waals surface area contributed by atoms with Crippen LogP contribution in [-0.4, -0.2) is 61.0 Å². The van der Waals surface area contributed by atoms with Crippen molar-refractivity contribution in [1.29, 1.82) is 0 Å². The number of benzene rings is 1. The Morgan fingerprint density at radius 1 is 1.10 bits per heavy atom. The molecule has 0 radical (unpaired) electrons. The lowest BCUT2D eigenvalue weighted by Crippen LogP contribution is -2.48. The van der Waals surface area contributed by atoms with Gasteiger partial charge in [-0.2, -0.15) is 0 Å². The maximum absolute atomic E-state index is 12.4. The second kappa shape index (κ2) is 10.9. The summed E-state index contributed by atoms with van der Waals surface area (Å²) >= 11 is 1.79. The monoisotopic (exact) mass is 413 g/mol. The first-order valence-corrected chi connectivity index (χ1v) is 10.7. The number of carbonyl (C=O) groups is 2. The molecule has 0 aliphatic carbocycles. The molecule has 6 nitrogen and oxygen atoms in total. The molecule has 0 spiro atoms. The normalized spacial score (nSPS) is 15.5. The number of amides is 1.